The minimum Gasteiger partial charge on any atom is -0.335 e. The fourth-order valence-corrected chi connectivity index (χ4v) is 3.77. The molecule has 1 aliphatic carbocycles. The van der Waals surface area contributed by atoms with Crippen molar-refractivity contribution in [2.24, 2.45) is 0 Å². The van der Waals surface area contributed by atoms with Gasteiger partial charge in [-0.15, -0.1) is 0 Å². The van der Waals surface area contributed by atoms with Crippen LogP contribution in [0.4, 0.5) is 14.0 Å². The first-order valence-corrected chi connectivity index (χ1v) is 8.42. The molecule has 1 spiro atoms. The summed E-state index contributed by atoms with van der Waals surface area (Å²) < 4.78 is 13.8. The van der Waals surface area contributed by atoms with Crippen LogP contribution in [0.1, 0.15) is 30.7 Å². The van der Waals surface area contributed by atoms with Crippen LogP contribution in [0.5, 0.6) is 0 Å². The molecular formula is C17H19FN4O3. The molecule has 0 bridgehead atoms. The zero-order chi connectivity index (χ0) is 17.6. The number of imide groups is 1. The van der Waals surface area contributed by atoms with Crippen molar-refractivity contribution in [2.75, 3.05) is 13.1 Å². The molecule has 1 saturated carbocycles. The average Bonchev–Trinajstić information content (AvgIpc) is 3.28. The van der Waals surface area contributed by atoms with E-state index in [1.54, 1.807) is 23.1 Å². The summed E-state index contributed by atoms with van der Waals surface area (Å²) in [5.41, 5.74) is -0.411. The Hall–Kier alpha value is -2.64. The number of carbonyl (C=O) groups excluding carboxylic acids is 3. The molecule has 5 amide bonds. The third-order valence-electron chi connectivity index (χ3n) is 5.20. The van der Waals surface area contributed by atoms with E-state index in [9.17, 15) is 18.8 Å². The smallest absolute Gasteiger partial charge is 0.322 e. The second-order valence-electron chi connectivity index (χ2n) is 6.94. The van der Waals surface area contributed by atoms with Crippen molar-refractivity contribution in [2.45, 2.75) is 36.8 Å². The minimum atomic E-state index is -1.03. The van der Waals surface area contributed by atoms with Gasteiger partial charge < -0.3 is 15.5 Å². The molecule has 2 heterocycles. The highest BCUT2D eigenvalue weighted by molar-refractivity contribution is 6.07. The van der Waals surface area contributed by atoms with E-state index < -0.39 is 11.6 Å². The number of piperidine rings is 1. The van der Waals surface area contributed by atoms with Crippen LogP contribution in [0, 0.1) is 5.82 Å². The highest BCUT2D eigenvalue weighted by atomic mass is 19.1. The largest absolute Gasteiger partial charge is 0.335 e. The lowest BCUT2D eigenvalue weighted by molar-refractivity contribution is -0.125. The second-order valence-corrected chi connectivity index (χ2v) is 6.94. The van der Waals surface area contributed by atoms with Gasteiger partial charge >= 0.3 is 12.1 Å². The molecule has 1 aromatic carbocycles. The molecule has 3 aliphatic rings. The van der Waals surface area contributed by atoms with Crippen LogP contribution in [0.3, 0.4) is 0 Å². The van der Waals surface area contributed by atoms with Gasteiger partial charge in [-0.25, -0.2) is 14.0 Å². The number of benzene rings is 1. The standard InChI is InChI=1S/C17H19FN4O3/c18-12-5-2-1-4-10(12)11-8-13(11)19-16(25)22-7-3-6-17(9-22)14(23)20-15(24)21-17/h1-2,4-5,11,13H,3,6-9H2,(H,19,25)(H2,20,21,23,24)/t11-,13+,17?/m0/s1. The van der Waals surface area contributed by atoms with Gasteiger partial charge in [-0.3, -0.25) is 10.1 Å². The Kier molecular flexibility index (Phi) is 3.63. The molecule has 2 aliphatic heterocycles. The Bertz CT molecular complexity index is 755. The van der Waals surface area contributed by atoms with Crippen molar-refractivity contribution in [1.29, 1.82) is 0 Å². The van der Waals surface area contributed by atoms with Gasteiger partial charge in [0.25, 0.3) is 5.91 Å². The van der Waals surface area contributed by atoms with Crippen molar-refractivity contribution >= 4 is 18.0 Å². The SMILES string of the molecule is O=C1NC(=O)C2(CCCN(C(=O)N[C@@H]3C[C@H]3c3ccccc3F)C2)N1. The van der Waals surface area contributed by atoms with E-state index in [-0.39, 0.29) is 36.3 Å². The number of hydrogen-bond donors (Lipinski definition) is 3. The van der Waals surface area contributed by atoms with Crippen LogP contribution in [0.2, 0.25) is 0 Å². The van der Waals surface area contributed by atoms with Crippen LogP contribution in [-0.2, 0) is 4.79 Å². The van der Waals surface area contributed by atoms with Gasteiger partial charge in [-0.1, -0.05) is 18.2 Å². The van der Waals surface area contributed by atoms with E-state index in [4.69, 9.17) is 0 Å². The van der Waals surface area contributed by atoms with E-state index in [1.165, 1.54) is 6.07 Å². The number of likely N-dealkylation sites (tertiary alicyclic amines) is 1. The lowest BCUT2D eigenvalue weighted by Crippen LogP contribution is -2.61. The molecular weight excluding hydrogens is 327 g/mol. The summed E-state index contributed by atoms with van der Waals surface area (Å²) in [6, 6.07) is 5.68. The Balaban J connectivity index is 1.38. The molecule has 1 unspecified atom stereocenters. The molecule has 0 aromatic heterocycles. The van der Waals surface area contributed by atoms with Gasteiger partial charge in [0.15, 0.2) is 0 Å². The maximum absolute atomic E-state index is 13.8. The molecule has 4 rings (SSSR count). The highest BCUT2D eigenvalue weighted by Crippen LogP contribution is 2.42. The predicted molar refractivity (Wildman–Crippen MR) is 86.3 cm³/mol. The number of halogens is 1. The monoisotopic (exact) mass is 346 g/mol. The summed E-state index contributed by atoms with van der Waals surface area (Å²) >= 11 is 0. The van der Waals surface area contributed by atoms with Gasteiger partial charge in [-0.05, 0) is 30.9 Å². The Morgan fingerprint density at radius 2 is 2.12 bits per heavy atom. The predicted octanol–water partition coefficient (Wildman–Crippen LogP) is 1.07. The van der Waals surface area contributed by atoms with Crippen LogP contribution in [-0.4, -0.2) is 47.5 Å². The third-order valence-corrected chi connectivity index (χ3v) is 5.20. The summed E-state index contributed by atoms with van der Waals surface area (Å²) in [7, 11) is 0. The van der Waals surface area contributed by atoms with E-state index >= 15 is 0 Å². The fourth-order valence-electron chi connectivity index (χ4n) is 3.77. The van der Waals surface area contributed by atoms with Crippen molar-refractivity contribution in [3.8, 4) is 0 Å². The van der Waals surface area contributed by atoms with E-state index in [0.29, 0.717) is 31.4 Å². The zero-order valence-electron chi connectivity index (χ0n) is 13.5. The van der Waals surface area contributed by atoms with Crippen LogP contribution in [0.25, 0.3) is 0 Å². The van der Waals surface area contributed by atoms with Gasteiger partial charge in [0.05, 0.1) is 6.54 Å². The van der Waals surface area contributed by atoms with E-state index in [1.807, 2.05) is 0 Å². The number of carbonyl (C=O) groups is 3. The lowest BCUT2D eigenvalue weighted by Gasteiger charge is -2.37. The molecule has 3 N–H and O–H groups in total. The van der Waals surface area contributed by atoms with E-state index in [2.05, 4.69) is 16.0 Å². The van der Waals surface area contributed by atoms with Crippen molar-refractivity contribution < 1.29 is 18.8 Å². The van der Waals surface area contributed by atoms with E-state index in [0.717, 1.165) is 0 Å². The summed E-state index contributed by atoms with van der Waals surface area (Å²) in [6.45, 7) is 0.668. The topological polar surface area (TPSA) is 90.5 Å². The Morgan fingerprint density at radius 3 is 2.84 bits per heavy atom. The van der Waals surface area contributed by atoms with Crippen LogP contribution < -0.4 is 16.0 Å². The van der Waals surface area contributed by atoms with Gasteiger partial charge in [0, 0.05) is 18.5 Å². The van der Waals surface area contributed by atoms with Crippen molar-refractivity contribution in [3.05, 3.63) is 35.6 Å². The highest BCUT2D eigenvalue weighted by Gasteiger charge is 2.50. The quantitative estimate of drug-likeness (QED) is 0.700. The van der Waals surface area contributed by atoms with Gasteiger partial charge in [-0.2, -0.15) is 0 Å². The summed E-state index contributed by atoms with van der Waals surface area (Å²) in [6.07, 6.45) is 1.83. The van der Waals surface area contributed by atoms with Crippen molar-refractivity contribution in [3.63, 3.8) is 0 Å². The number of hydrogen-bond acceptors (Lipinski definition) is 3. The normalized spacial score (nSPS) is 30.8. The first-order chi connectivity index (χ1) is 12.0. The number of nitrogens with one attached hydrogen (secondary N) is 3. The molecule has 25 heavy (non-hydrogen) atoms. The minimum absolute atomic E-state index is 0.0154. The Morgan fingerprint density at radius 1 is 1.32 bits per heavy atom. The first-order valence-electron chi connectivity index (χ1n) is 8.42. The summed E-state index contributed by atoms with van der Waals surface area (Å²) in [5.74, 6) is -0.657. The fraction of sp³-hybridized carbons (Fsp3) is 0.471. The van der Waals surface area contributed by atoms with Crippen LogP contribution >= 0.6 is 0 Å². The molecule has 2 saturated heterocycles. The van der Waals surface area contributed by atoms with Crippen molar-refractivity contribution in [1.82, 2.24) is 20.9 Å². The molecule has 132 valence electrons. The Labute approximate surface area is 143 Å². The molecule has 7 nitrogen and oxygen atoms in total. The molecule has 0 radical (unpaired) electrons. The zero-order valence-corrected chi connectivity index (χ0v) is 13.5. The maximum Gasteiger partial charge on any atom is 0.322 e. The molecule has 3 fully saturated rings. The number of nitrogens with zero attached hydrogens (tertiary/aromatic N) is 1. The molecule has 1 aromatic rings. The summed E-state index contributed by atoms with van der Waals surface area (Å²) in [4.78, 5) is 37.5. The first kappa shape index (κ1) is 15.9. The lowest BCUT2D eigenvalue weighted by atomic mass is 9.89. The summed E-state index contributed by atoms with van der Waals surface area (Å²) in [5, 5.41) is 7.79. The number of rotatable bonds is 2. The van der Waals surface area contributed by atoms with Crippen LogP contribution in [0.15, 0.2) is 24.3 Å². The number of urea groups is 2. The second kappa shape index (κ2) is 5.72. The maximum atomic E-state index is 13.8. The molecule has 3 atom stereocenters. The average molecular weight is 346 g/mol. The van der Waals surface area contributed by atoms with Gasteiger partial charge in [0.1, 0.15) is 11.4 Å². The molecule has 8 heteroatoms. The van der Waals surface area contributed by atoms with Gasteiger partial charge in [0.2, 0.25) is 0 Å². The number of amides is 5. The third kappa shape index (κ3) is 2.81.